The number of hydrogen-bond donors (Lipinski definition) is 0. The number of carbonyl (C=O) groups is 1. The smallest absolute Gasteiger partial charge is 0.178 e. The summed E-state index contributed by atoms with van der Waals surface area (Å²) in [6.45, 7) is 3.49. The maximum absolute atomic E-state index is 11.4. The van der Waals surface area contributed by atoms with Gasteiger partial charge in [0.25, 0.3) is 0 Å². The minimum absolute atomic E-state index is 0.0868. The Hall–Kier alpha value is -3.69. The van der Waals surface area contributed by atoms with Crippen LogP contribution in [0.1, 0.15) is 4.88 Å². The lowest BCUT2D eigenvalue weighted by Gasteiger charge is -2.25. The van der Waals surface area contributed by atoms with E-state index in [0.717, 1.165) is 27.5 Å². The Morgan fingerprint density at radius 3 is 1.87 bits per heavy atom. The average Bonchev–Trinajstić information content (AvgIpc) is 3.29. The Labute approximate surface area is 181 Å². The highest BCUT2D eigenvalue weighted by atomic mass is 32.1. The zero-order chi connectivity index (χ0) is 20.8. The first-order chi connectivity index (χ1) is 14.7. The quantitative estimate of drug-likeness (QED) is 0.293. The molecule has 0 aliphatic carbocycles. The van der Waals surface area contributed by atoms with Gasteiger partial charge in [0.05, 0.1) is 0 Å². The van der Waals surface area contributed by atoms with Crippen LogP contribution in [0.4, 0.5) is 17.1 Å². The SMILES string of the molecule is C=CC(=O)C=Cc1ccc(-c2ccc(N(c3ccccc3)c3ccccc3)cc2)s1. The summed E-state index contributed by atoms with van der Waals surface area (Å²) in [6, 6.07) is 33.4. The van der Waals surface area contributed by atoms with Gasteiger partial charge >= 0.3 is 0 Å². The summed E-state index contributed by atoms with van der Waals surface area (Å²) in [5.41, 5.74) is 4.49. The van der Waals surface area contributed by atoms with E-state index in [-0.39, 0.29) is 5.78 Å². The average molecular weight is 408 g/mol. The fourth-order valence-corrected chi connectivity index (χ4v) is 4.12. The minimum Gasteiger partial charge on any atom is -0.311 e. The second-order valence-electron chi connectivity index (χ2n) is 6.70. The fraction of sp³-hybridized carbons (Fsp3) is 0. The van der Waals surface area contributed by atoms with Crippen molar-refractivity contribution in [3.05, 3.63) is 121 Å². The Kier molecular flexibility index (Phi) is 6.02. The number of allylic oxidation sites excluding steroid dienone is 2. The van der Waals surface area contributed by atoms with E-state index in [1.54, 1.807) is 17.4 Å². The largest absolute Gasteiger partial charge is 0.311 e. The molecule has 0 fully saturated rings. The number of ketones is 1. The maximum Gasteiger partial charge on any atom is 0.178 e. The maximum atomic E-state index is 11.4. The second kappa shape index (κ2) is 9.21. The molecule has 3 heteroatoms. The Morgan fingerprint density at radius 1 is 0.733 bits per heavy atom. The van der Waals surface area contributed by atoms with Crippen LogP contribution in [0.5, 0.6) is 0 Å². The number of hydrogen-bond acceptors (Lipinski definition) is 3. The molecule has 0 unspecified atom stereocenters. The van der Waals surface area contributed by atoms with Crippen LogP contribution in [0, 0.1) is 0 Å². The van der Waals surface area contributed by atoms with Crippen LogP contribution in [0.25, 0.3) is 16.5 Å². The van der Waals surface area contributed by atoms with Crippen molar-refractivity contribution in [3.63, 3.8) is 0 Å². The van der Waals surface area contributed by atoms with Crippen LogP contribution in [-0.2, 0) is 4.79 Å². The summed E-state index contributed by atoms with van der Waals surface area (Å²) in [7, 11) is 0. The van der Waals surface area contributed by atoms with Gasteiger partial charge in [-0.25, -0.2) is 0 Å². The molecule has 146 valence electrons. The van der Waals surface area contributed by atoms with Gasteiger partial charge in [-0.15, -0.1) is 11.3 Å². The minimum atomic E-state index is -0.0868. The van der Waals surface area contributed by atoms with Gasteiger partial charge in [-0.05, 0) is 72.3 Å². The highest BCUT2D eigenvalue weighted by Gasteiger charge is 2.12. The zero-order valence-corrected chi connectivity index (χ0v) is 17.3. The molecule has 0 aliphatic rings. The van der Waals surface area contributed by atoms with Gasteiger partial charge in [-0.1, -0.05) is 55.1 Å². The third-order valence-electron chi connectivity index (χ3n) is 4.68. The Bertz CT molecular complexity index is 1120. The predicted molar refractivity (Wildman–Crippen MR) is 129 cm³/mol. The van der Waals surface area contributed by atoms with E-state index in [0.29, 0.717) is 0 Å². The van der Waals surface area contributed by atoms with Crippen molar-refractivity contribution >= 4 is 40.3 Å². The normalized spacial score (nSPS) is 10.8. The number of benzene rings is 3. The molecule has 4 aromatic rings. The van der Waals surface area contributed by atoms with Gasteiger partial charge in [-0.2, -0.15) is 0 Å². The summed E-state index contributed by atoms with van der Waals surface area (Å²) in [6.07, 6.45) is 4.69. The first-order valence-electron chi connectivity index (χ1n) is 9.69. The molecule has 2 nitrogen and oxygen atoms in total. The van der Waals surface area contributed by atoms with E-state index in [1.165, 1.54) is 11.0 Å². The highest BCUT2D eigenvalue weighted by Crippen LogP contribution is 2.36. The topological polar surface area (TPSA) is 20.3 Å². The summed E-state index contributed by atoms with van der Waals surface area (Å²) in [4.78, 5) is 15.8. The molecular formula is C27H21NOS. The third-order valence-corrected chi connectivity index (χ3v) is 5.78. The van der Waals surface area contributed by atoms with E-state index in [1.807, 2.05) is 24.3 Å². The van der Waals surface area contributed by atoms with Crippen LogP contribution in [0.2, 0.25) is 0 Å². The zero-order valence-electron chi connectivity index (χ0n) is 16.4. The molecule has 4 rings (SSSR count). The van der Waals surface area contributed by atoms with E-state index in [2.05, 4.69) is 90.3 Å². The molecular weight excluding hydrogens is 386 g/mol. The molecule has 3 aromatic carbocycles. The van der Waals surface area contributed by atoms with Crippen LogP contribution in [0.15, 0.2) is 116 Å². The van der Waals surface area contributed by atoms with Crippen LogP contribution in [0.3, 0.4) is 0 Å². The lowest BCUT2D eigenvalue weighted by molar-refractivity contribution is -0.110. The third kappa shape index (κ3) is 4.48. The number of anilines is 3. The summed E-state index contributed by atoms with van der Waals surface area (Å²) in [5, 5.41) is 0. The van der Waals surface area contributed by atoms with Gasteiger partial charge in [0.1, 0.15) is 0 Å². The van der Waals surface area contributed by atoms with Crippen molar-refractivity contribution in [3.8, 4) is 10.4 Å². The molecule has 0 bridgehead atoms. The van der Waals surface area contributed by atoms with Crippen molar-refractivity contribution in [1.82, 2.24) is 0 Å². The highest BCUT2D eigenvalue weighted by molar-refractivity contribution is 7.16. The van der Waals surface area contributed by atoms with Crippen molar-refractivity contribution in [2.75, 3.05) is 4.90 Å². The van der Waals surface area contributed by atoms with Crippen LogP contribution in [-0.4, -0.2) is 5.78 Å². The van der Waals surface area contributed by atoms with E-state index in [4.69, 9.17) is 0 Å². The molecule has 0 aliphatic heterocycles. The molecule has 0 radical (unpaired) electrons. The van der Waals surface area contributed by atoms with E-state index >= 15 is 0 Å². The van der Waals surface area contributed by atoms with Gasteiger partial charge in [-0.3, -0.25) is 4.79 Å². The molecule has 1 aromatic heterocycles. The van der Waals surface area contributed by atoms with E-state index in [9.17, 15) is 4.79 Å². The molecule has 0 atom stereocenters. The van der Waals surface area contributed by atoms with Gasteiger partial charge in [0, 0.05) is 26.8 Å². The van der Waals surface area contributed by atoms with Crippen LogP contribution >= 0.6 is 11.3 Å². The molecule has 0 saturated heterocycles. The number of nitrogens with zero attached hydrogens (tertiary/aromatic N) is 1. The van der Waals surface area contributed by atoms with Crippen molar-refractivity contribution in [1.29, 1.82) is 0 Å². The first-order valence-corrected chi connectivity index (χ1v) is 10.5. The van der Waals surface area contributed by atoms with Gasteiger partial charge in [0.15, 0.2) is 5.78 Å². The van der Waals surface area contributed by atoms with Crippen molar-refractivity contribution in [2.24, 2.45) is 0 Å². The second-order valence-corrected chi connectivity index (χ2v) is 7.81. The molecule has 0 amide bonds. The van der Waals surface area contributed by atoms with Crippen LogP contribution < -0.4 is 4.90 Å². The fourth-order valence-electron chi connectivity index (χ4n) is 3.21. The van der Waals surface area contributed by atoms with Gasteiger partial charge in [0.2, 0.25) is 0 Å². The summed E-state index contributed by atoms with van der Waals surface area (Å²) < 4.78 is 0. The summed E-state index contributed by atoms with van der Waals surface area (Å²) in [5.74, 6) is -0.0868. The first kappa shape index (κ1) is 19.6. The standard InChI is InChI=1S/C27H21NOS/c1-2-25(29)17-18-26-19-20-27(30-26)21-13-15-24(16-14-21)28(22-9-5-3-6-10-22)23-11-7-4-8-12-23/h2-20H,1H2. The summed E-state index contributed by atoms with van der Waals surface area (Å²) >= 11 is 1.66. The Balaban J connectivity index is 1.63. The van der Waals surface area contributed by atoms with Crippen molar-refractivity contribution in [2.45, 2.75) is 0 Å². The number of para-hydroxylation sites is 2. The van der Waals surface area contributed by atoms with Gasteiger partial charge < -0.3 is 4.90 Å². The predicted octanol–water partition coefficient (Wildman–Crippen LogP) is 7.65. The molecule has 1 heterocycles. The van der Waals surface area contributed by atoms with E-state index < -0.39 is 0 Å². The Morgan fingerprint density at radius 2 is 1.30 bits per heavy atom. The number of thiophene rings is 1. The molecule has 0 saturated carbocycles. The monoisotopic (exact) mass is 407 g/mol. The molecule has 0 spiro atoms. The molecule has 0 N–H and O–H groups in total. The van der Waals surface area contributed by atoms with Crippen molar-refractivity contribution < 1.29 is 4.79 Å². The molecule has 30 heavy (non-hydrogen) atoms. The lowest BCUT2D eigenvalue weighted by Crippen LogP contribution is -2.09. The number of carbonyl (C=O) groups excluding carboxylic acids is 1. The number of rotatable bonds is 7. The lowest BCUT2D eigenvalue weighted by atomic mass is 10.1.